The summed E-state index contributed by atoms with van der Waals surface area (Å²) in [4.78, 5) is 35.8. The first-order chi connectivity index (χ1) is 8.96. The number of carboxylic acid groups (broad SMARTS) is 1. The van der Waals surface area contributed by atoms with E-state index >= 15 is 0 Å². The molecule has 2 atom stereocenters. The summed E-state index contributed by atoms with van der Waals surface area (Å²) < 4.78 is 4.52. The van der Waals surface area contributed by atoms with Crippen molar-refractivity contribution in [3.8, 4) is 6.07 Å². The maximum atomic E-state index is 11.4. The third-order valence-corrected chi connectivity index (χ3v) is 2.09. The minimum atomic E-state index is -1.42. The number of amides is 1. The SMILES string of the molecule is CO[C@@H](C#N)C(=O)N[C@@H](CCC(=O)C=[N+]=[N-])C(=O)O. The fourth-order valence-corrected chi connectivity index (χ4v) is 1.14. The highest BCUT2D eigenvalue weighted by Gasteiger charge is 2.25. The maximum absolute atomic E-state index is 11.4. The monoisotopic (exact) mass is 268 g/mol. The van der Waals surface area contributed by atoms with Crippen LogP contribution in [-0.2, 0) is 19.1 Å². The Morgan fingerprint density at radius 2 is 2.21 bits per heavy atom. The van der Waals surface area contributed by atoms with Gasteiger partial charge in [0.1, 0.15) is 12.1 Å². The summed E-state index contributed by atoms with van der Waals surface area (Å²) >= 11 is 0. The van der Waals surface area contributed by atoms with Gasteiger partial charge in [0, 0.05) is 13.5 Å². The van der Waals surface area contributed by atoms with Crippen molar-refractivity contribution < 1.29 is 29.0 Å². The van der Waals surface area contributed by atoms with Gasteiger partial charge in [-0.05, 0) is 6.42 Å². The Kier molecular flexibility index (Phi) is 7.37. The molecule has 2 N–H and O–H groups in total. The molecule has 9 nitrogen and oxygen atoms in total. The van der Waals surface area contributed by atoms with E-state index in [1.807, 2.05) is 0 Å². The van der Waals surface area contributed by atoms with Crippen molar-refractivity contribution in [1.82, 2.24) is 5.32 Å². The number of methoxy groups -OCH3 is 1. The Balaban J connectivity index is 4.55. The standard InChI is InChI=1S/C10H12N4O5/c1-19-8(4-11)9(16)14-7(10(17)18)3-2-6(15)5-13-12/h5,7-8H,2-3H2,1H3,(H,14,16)(H,17,18)/t7-,8-/m0/s1. The lowest BCUT2D eigenvalue weighted by atomic mass is 10.1. The number of aliphatic carboxylic acids is 1. The molecule has 0 aromatic rings. The fourth-order valence-electron chi connectivity index (χ4n) is 1.14. The molecule has 19 heavy (non-hydrogen) atoms. The number of nitrogens with zero attached hydrogens (tertiary/aromatic N) is 3. The van der Waals surface area contributed by atoms with E-state index in [-0.39, 0.29) is 12.8 Å². The smallest absolute Gasteiger partial charge is 0.326 e. The van der Waals surface area contributed by atoms with Crippen LogP contribution in [0.1, 0.15) is 12.8 Å². The van der Waals surface area contributed by atoms with Crippen molar-refractivity contribution in [1.29, 1.82) is 5.26 Å². The van der Waals surface area contributed by atoms with E-state index in [2.05, 4.69) is 14.8 Å². The van der Waals surface area contributed by atoms with Crippen molar-refractivity contribution >= 4 is 23.9 Å². The number of Topliss-reactive ketones (excluding diaryl/α,β-unsaturated/α-hetero) is 1. The van der Waals surface area contributed by atoms with Crippen LogP contribution >= 0.6 is 0 Å². The number of rotatable bonds is 8. The van der Waals surface area contributed by atoms with Crippen LogP contribution in [0.2, 0.25) is 0 Å². The topological polar surface area (TPSA) is 153 Å². The minimum Gasteiger partial charge on any atom is -0.480 e. The zero-order chi connectivity index (χ0) is 14.8. The van der Waals surface area contributed by atoms with Gasteiger partial charge in [0.15, 0.2) is 0 Å². The van der Waals surface area contributed by atoms with Crippen LogP contribution in [0.15, 0.2) is 0 Å². The van der Waals surface area contributed by atoms with E-state index in [1.54, 1.807) is 0 Å². The highest BCUT2D eigenvalue weighted by molar-refractivity contribution is 6.25. The number of carbonyl (C=O) groups excluding carboxylic acids is 2. The van der Waals surface area contributed by atoms with Crippen LogP contribution in [0.3, 0.4) is 0 Å². The molecule has 0 heterocycles. The van der Waals surface area contributed by atoms with Crippen LogP contribution in [0.4, 0.5) is 0 Å². The van der Waals surface area contributed by atoms with Crippen LogP contribution in [0.5, 0.6) is 0 Å². The van der Waals surface area contributed by atoms with Gasteiger partial charge in [-0.1, -0.05) is 0 Å². The third-order valence-electron chi connectivity index (χ3n) is 2.09. The van der Waals surface area contributed by atoms with Gasteiger partial charge in [-0.25, -0.2) is 4.79 Å². The molecule has 0 aliphatic rings. The van der Waals surface area contributed by atoms with E-state index in [4.69, 9.17) is 15.9 Å². The molecular weight excluding hydrogens is 256 g/mol. The second kappa shape index (κ2) is 8.52. The number of nitriles is 1. The van der Waals surface area contributed by atoms with Gasteiger partial charge in [0.25, 0.3) is 5.91 Å². The summed E-state index contributed by atoms with van der Waals surface area (Å²) in [6, 6.07) is 0.194. The Labute approximate surface area is 108 Å². The average Bonchev–Trinajstić information content (AvgIpc) is 2.35. The van der Waals surface area contributed by atoms with Gasteiger partial charge in [-0.15, -0.1) is 0 Å². The number of carboxylic acids is 1. The number of nitrogens with one attached hydrogen (secondary N) is 1. The fraction of sp³-hybridized carbons (Fsp3) is 0.500. The summed E-state index contributed by atoms with van der Waals surface area (Å²) in [6.45, 7) is 0. The first-order valence-electron chi connectivity index (χ1n) is 5.12. The Morgan fingerprint density at radius 1 is 1.58 bits per heavy atom. The van der Waals surface area contributed by atoms with E-state index in [1.165, 1.54) is 6.07 Å². The molecule has 102 valence electrons. The van der Waals surface area contributed by atoms with Gasteiger partial charge < -0.3 is 20.7 Å². The molecule has 0 spiro atoms. The second-order valence-electron chi connectivity index (χ2n) is 3.39. The normalized spacial score (nSPS) is 12.4. The Morgan fingerprint density at radius 3 is 2.63 bits per heavy atom. The van der Waals surface area contributed by atoms with E-state index < -0.39 is 29.8 Å². The van der Waals surface area contributed by atoms with Crippen LogP contribution in [0, 0.1) is 11.3 Å². The lowest BCUT2D eigenvalue weighted by Gasteiger charge is -2.15. The summed E-state index contributed by atoms with van der Waals surface area (Å²) in [5.41, 5.74) is 8.10. The van der Waals surface area contributed by atoms with E-state index in [0.29, 0.717) is 6.21 Å². The molecule has 0 aromatic carbocycles. The molecule has 0 rings (SSSR count). The Bertz CT molecular complexity index is 449. The van der Waals surface area contributed by atoms with Crippen molar-refractivity contribution in [2.75, 3.05) is 7.11 Å². The van der Waals surface area contributed by atoms with Crippen LogP contribution < -0.4 is 5.32 Å². The first-order valence-corrected chi connectivity index (χ1v) is 5.12. The predicted octanol–water partition coefficient (Wildman–Crippen LogP) is -1.26. The lowest BCUT2D eigenvalue weighted by Crippen LogP contribution is -2.45. The molecule has 0 aliphatic heterocycles. The first kappa shape index (κ1) is 16.4. The third kappa shape index (κ3) is 6.07. The average molecular weight is 268 g/mol. The maximum Gasteiger partial charge on any atom is 0.326 e. The van der Waals surface area contributed by atoms with Gasteiger partial charge in [0.05, 0.1) is 0 Å². The largest absolute Gasteiger partial charge is 0.480 e. The van der Waals surface area contributed by atoms with Gasteiger partial charge in [-0.2, -0.15) is 10.1 Å². The van der Waals surface area contributed by atoms with Gasteiger partial charge in [0.2, 0.25) is 11.9 Å². The molecule has 1 amide bonds. The molecular formula is C10H12N4O5. The van der Waals surface area contributed by atoms with Crippen molar-refractivity contribution in [3.05, 3.63) is 5.53 Å². The highest BCUT2D eigenvalue weighted by Crippen LogP contribution is 2.00. The molecule has 0 saturated heterocycles. The quantitative estimate of drug-likeness (QED) is 0.318. The van der Waals surface area contributed by atoms with Crippen LogP contribution in [-0.4, -0.2) is 53.0 Å². The number of ether oxygens (including phenoxy) is 1. The summed E-state index contributed by atoms with van der Waals surface area (Å²) in [5, 5.41) is 19.5. The van der Waals surface area contributed by atoms with Crippen LogP contribution in [0.25, 0.3) is 5.53 Å². The van der Waals surface area contributed by atoms with Crippen molar-refractivity contribution in [2.45, 2.75) is 25.0 Å². The van der Waals surface area contributed by atoms with Crippen molar-refractivity contribution in [3.63, 3.8) is 0 Å². The number of carbonyl (C=O) groups is 3. The molecule has 0 unspecified atom stereocenters. The molecule has 0 aliphatic carbocycles. The van der Waals surface area contributed by atoms with E-state index in [0.717, 1.165) is 7.11 Å². The molecule has 0 saturated carbocycles. The highest BCUT2D eigenvalue weighted by atomic mass is 16.5. The van der Waals surface area contributed by atoms with E-state index in [9.17, 15) is 14.4 Å². The summed E-state index contributed by atoms with van der Waals surface area (Å²) in [6.07, 6.45) is -1.22. The number of ketones is 1. The van der Waals surface area contributed by atoms with Crippen molar-refractivity contribution in [2.24, 2.45) is 0 Å². The lowest BCUT2D eigenvalue weighted by molar-refractivity contribution is -0.143. The summed E-state index contributed by atoms with van der Waals surface area (Å²) in [5.74, 6) is -2.85. The predicted molar refractivity (Wildman–Crippen MR) is 59.9 cm³/mol. The second-order valence-corrected chi connectivity index (χ2v) is 3.39. The zero-order valence-electron chi connectivity index (χ0n) is 10.1. The molecule has 0 bridgehead atoms. The minimum absolute atomic E-state index is 0.201. The molecule has 0 fully saturated rings. The molecule has 9 heteroatoms. The molecule has 0 aromatic heterocycles. The summed E-state index contributed by atoms with van der Waals surface area (Å²) in [7, 11) is 1.13. The zero-order valence-corrected chi connectivity index (χ0v) is 10.1. The van der Waals surface area contributed by atoms with Gasteiger partial charge in [-0.3, -0.25) is 9.59 Å². The molecule has 0 radical (unpaired) electrons. The van der Waals surface area contributed by atoms with Gasteiger partial charge >= 0.3 is 12.2 Å². The number of hydrogen-bond acceptors (Lipinski definition) is 5. The number of hydrogen-bond donors (Lipinski definition) is 2. The Hall–Kier alpha value is -2.56.